The zero-order chi connectivity index (χ0) is 15.5. The van der Waals surface area contributed by atoms with E-state index >= 15 is 0 Å². The van der Waals surface area contributed by atoms with Gasteiger partial charge >= 0.3 is 6.01 Å². The van der Waals surface area contributed by atoms with Crippen molar-refractivity contribution in [2.75, 3.05) is 12.3 Å². The molecule has 2 aromatic rings. The van der Waals surface area contributed by atoms with Crippen LogP contribution in [0.1, 0.15) is 57.6 Å². The molecule has 3 N–H and O–H groups in total. The summed E-state index contributed by atoms with van der Waals surface area (Å²) in [7, 11) is 0. The van der Waals surface area contributed by atoms with Gasteiger partial charge < -0.3 is 20.2 Å². The first-order valence-electron chi connectivity index (χ1n) is 8.11. The van der Waals surface area contributed by atoms with Gasteiger partial charge in [0.15, 0.2) is 5.82 Å². The van der Waals surface area contributed by atoms with E-state index in [1.165, 1.54) is 6.42 Å². The van der Waals surface area contributed by atoms with Gasteiger partial charge in [-0.1, -0.05) is 13.3 Å². The Morgan fingerprint density at radius 2 is 2.32 bits per heavy atom. The Morgan fingerprint density at radius 3 is 3.05 bits per heavy atom. The molecule has 0 aliphatic carbocycles. The standard InChI is InChI=1S/C16H24N4O2/c1-3-6-10(2)22-16-19-13-11(12-7-4-5-8-21-12)9-18-14(13)15(17)20-16/h9-10,12,18H,3-8H2,1-2H3,(H2,17,19,20)/t10-,12?/m0/s1. The normalized spacial score (nSPS) is 20.2. The summed E-state index contributed by atoms with van der Waals surface area (Å²) in [5.41, 5.74) is 8.68. The van der Waals surface area contributed by atoms with Gasteiger partial charge in [0.2, 0.25) is 0 Å². The number of aromatic nitrogens is 3. The van der Waals surface area contributed by atoms with Gasteiger partial charge in [-0.15, -0.1) is 0 Å². The van der Waals surface area contributed by atoms with Crippen LogP contribution in [0.4, 0.5) is 5.82 Å². The third kappa shape index (κ3) is 3.02. The molecule has 0 bridgehead atoms. The fourth-order valence-corrected chi connectivity index (χ4v) is 2.96. The zero-order valence-corrected chi connectivity index (χ0v) is 13.3. The van der Waals surface area contributed by atoms with E-state index in [1.54, 1.807) is 0 Å². The molecule has 120 valence electrons. The van der Waals surface area contributed by atoms with E-state index in [4.69, 9.17) is 15.2 Å². The number of nitrogens with one attached hydrogen (secondary N) is 1. The first-order valence-corrected chi connectivity index (χ1v) is 8.11. The monoisotopic (exact) mass is 304 g/mol. The number of hydrogen-bond donors (Lipinski definition) is 2. The highest BCUT2D eigenvalue weighted by molar-refractivity contribution is 5.87. The Balaban J connectivity index is 1.92. The molecule has 3 heterocycles. The lowest BCUT2D eigenvalue weighted by molar-refractivity contribution is 0.0157. The molecule has 2 atom stereocenters. The number of nitrogens with zero attached hydrogens (tertiary/aromatic N) is 2. The van der Waals surface area contributed by atoms with Gasteiger partial charge in [-0.05, 0) is 32.6 Å². The minimum Gasteiger partial charge on any atom is -0.460 e. The maximum atomic E-state index is 6.05. The first-order chi connectivity index (χ1) is 10.7. The van der Waals surface area contributed by atoms with Gasteiger partial charge in [0.05, 0.1) is 12.2 Å². The molecule has 1 aliphatic heterocycles. The second-order valence-electron chi connectivity index (χ2n) is 5.93. The van der Waals surface area contributed by atoms with Crippen LogP contribution < -0.4 is 10.5 Å². The molecule has 1 saturated heterocycles. The SMILES string of the molecule is CCC[C@H](C)Oc1nc(N)c2[nH]cc(C3CCCCO3)c2n1. The Labute approximate surface area is 130 Å². The maximum Gasteiger partial charge on any atom is 0.319 e. The number of nitrogens with two attached hydrogens (primary N) is 1. The van der Waals surface area contributed by atoms with E-state index in [1.807, 2.05) is 13.1 Å². The molecule has 0 spiro atoms. The summed E-state index contributed by atoms with van der Waals surface area (Å²) in [4.78, 5) is 12.0. The number of ether oxygens (including phenoxy) is 2. The van der Waals surface area contributed by atoms with Crippen molar-refractivity contribution in [3.63, 3.8) is 0 Å². The molecular weight excluding hydrogens is 280 g/mol. The molecule has 6 heteroatoms. The van der Waals surface area contributed by atoms with Gasteiger partial charge in [0, 0.05) is 18.4 Å². The molecule has 6 nitrogen and oxygen atoms in total. The lowest BCUT2D eigenvalue weighted by Crippen LogP contribution is -2.14. The zero-order valence-electron chi connectivity index (χ0n) is 13.3. The summed E-state index contributed by atoms with van der Waals surface area (Å²) in [6.07, 6.45) is 7.43. The van der Waals surface area contributed by atoms with Crippen molar-refractivity contribution < 1.29 is 9.47 Å². The summed E-state index contributed by atoms with van der Waals surface area (Å²) in [6.45, 7) is 4.95. The van der Waals surface area contributed by atoms with E-state index in [9.17, 15) is 0 Å². The molecule has 1 fully saturated rings. The van der Waals surface area contributed by atoms with Crippen molar-refractivity contribution in [1.82, 2.24) is 15.0 Å². The van der Waals surface area contributed by atoms with Crippen molar-refractivity contribution in [2.24, 2.45) is 0 Å². The number of nitrogen functional groups attached to an aromatic ring is 1. The number of anilines is 1. The Bertz CT molecular complexity index is 634. The van der Waals surface area contributed by atoms with Crippen molar-refractivity contribution in [2.45, 2.75) is 58.2 Å². The smallest absolute Gasteiger partial charge is 0.319 e. The lowest BCUT2D eigenvalue weighted by atomic mass is 10.0. The average Bonchev–Trinajstić information content (AvgIpc) is 2.92. The third-order valence-corrected chi connectivity index (χ3v) is 4.09. The Morgan fingerprint density at radius 1 is 1.45 bits per heavy atom. The van der Waals surface area contributed by atoms with Crippen LogP contribution in [-0.2, 0) is 4.74 Å². The molecular formula is C16H24N4O2. The van der Waals surface area contributed by atoms with Crippen LogP contribution in [0.3, 0.4) is 0 Å². The fraction of sp³-hybridized carbons (Fsp3) is 0.625. The lowest BCUT2D eigenvalue weighted by Gasteiger charge is -2.22. The van der Waals surface area contributed by atoms with Crippen molar-refractivity contribution in [1.29, 1.82) is 0 Å². The maximum absolute atomic E-state index is 6.05. The first kappa shape index (κ1) is 15.1. The largest absolute Gasteiger partial charge is 0.460 e. The number of aromatic amines is 1. The predicted octanol–water partition coefficient (Wildman–Crippen LogP) is 3.35. The van der Waals surface area contributed by atoms with Crippen molar-refractivity contribution in [3.05, 3.63) is 11.8 Å². The molecule has 1 aliphatic rings. The van der Waals surface area contributed by atoms with E-state index in [0.29, 0.717) is 11.8 Å². The number of fused-ring (bicyclic) bond motifs is 1. The highest BCUT2D eigenvalue weighted by atomic mass is 16.5. The van der Waals surface area contributed by atoms with E-state index < -0.39 is 0 Å². The van der Waals surface area contributed by atoms with Crippen LogP contribution in [0.5, 0.6) is 6.01 Å². The highest BCUT2D eigenvalue weighted by Crippen LogP contribution is 2.34. The minimum atomic E-state index is 0.0789. The van der Waals surface area contributed by atoms with Crippen LogP contribution in [0, 0.1) is 0 Å². The Hall–Kier alpha value is -1.82. The predicted molar refractivity (Wildman–Crippen MR) is 85.8 cm³/mol. The highest BCUT2D eigenvalue weighted by Gasteiger charge is 2.22. The van der Waals surface area contributed by atoms with E-state index in [-0.39, 0.29) is 12.2 Å². The van der Waals surface area contributed by atoms with Gasteiger partial charge in [0.25, 0.3) is 0 Å². The van der Waals surface area contributed by atoms with Crippen LogP contribution >= 0.6 is 0 Å². The second kappa shape index (κ2) is 6.52. The molecule has 0 radical (unpaired) electrons. The Kier molecular flexibility index (Phi) is 4.47. The molecule has 0 saturated carbocycles. The van der Waals surface area contributed by atoms with E-state index in [2.05, 4.69) is 21.9 Å². The van der Waals surface area contributed by atoms with Gasteiger partial charge in [0.1, 0.15) is 11.0 Å². The summed E-state index contributed by atoms with van der Waals surface area (Å²) < 4.78 is 11.7. The van der Waals surface area contributed by atoms with Gasteiger partial charge in [-0.3, -0.25) is 0 Å². The molecule has 22 heavy (non-hydrogen) atoms. The van der Waals surface area contributed by atoms with Crippen LogP contribution in [0.2, 0.25) is 0 Å². The molecule has 0 amide bonds. The van der Waals surface area contributed by atoms with Gasteiger partial charge in [-0.25, -0.2) is 0 Å². The van der Waals surface area contributed by atoms with Crippen LogP contribution in [0.15, 0.2) is 6.20 Å². The van der Waals surface area contributed by atoms with Crippen LogP contribution in [0.25, 0.3) is 11.0 Å². The minimum absolute atomic E-state index is 0.0789. The summed E-state index contributed by atoms with van der Waals surface area (Å²) in [5, 5.41) is 0. The number of rotatable bonds is 5. The number of hydrogen-bond acceptors (Lipinski definition) is 5. The van der Waals surface area contributed by atoms with E-state index in [0.717, 1.165) is 48.9 Å². The molecule has 1 unspecified atom stereocenters. The third-order valence-electron chi connectivity index (χ3n) is 4.09. The molecule has 2 aromatic heterocycles. The average molecular weight is 304 g/mol. The quantitative estimate of drug-likeness (QED) is 0.884. The fourth-order valence-electron chi connectivity index (χ4n) is 2.96. The molecule has 0 aromatic carbocycles. The summed E-state index contributed by atoms with van der Waals surface area (Å²) in [5.74, 6) is 0.422. The second-order valence-corrected chi connectivity index (χ2v) is 5.93. The van der Waals surface area contributed by atoms with Crippen molar-refractivity contribution in [3.8, 4) is 6.01 Å². The van der Waals surface area contributed by atoms with Crippen LogP contribution in [-0.4, -0.2) is 27.7 Å². The van der Waals surface area contributed by atoms with Crippen molar-refractivity contribution >= 4 is 16.9 Å². The summed E-state index contributed by atoms with van der Waals surface area (Å²) in [6, 6.07) is 0.350. The summed E-state index contributed by atoms with van der Waals surface area (Å²) >= 11 is 0. The number of H-pyrrole nitrogens is 1. The van der Waals surface area contributed by atoms with Gasteiger partial charge in [-0.2, -0.15) is 9.97 Å². The topological polar surface area (TPSA) is 86.0 Å². The molecule has 3 rings (SSSR count).